The lowest BCUT2D eigenvalue weighted by molar-refractivity contribution is 0.0538. The molecule has 146 valence electrons. The van der Waals surface area contributed by atoms with Gasteiger partial charge in [-0.05, 0) is 12.1 Å². The number of ether oxygens (including phenoxy) is 1. The zero-order valence-electron chi connectivity index (χ0n) is 15.0. The van der Waals surface area contributed by atoms with Crippen LogP contribution in [-0.4, -0.2) is 51.8 Å². The van der Waals surface area contributed by atoms with Crippen LogP contribution in [0.2, 0.25) is 5.15 Å². The third kappa shape index (κ3) is 4.96. The van der Waals surface area contributed by atoms with Gasteiger partial charge < -0.3 is 10.1 Å². The first kappa shape index (κ1) is 20.7. The highest BCUT2D eigenvalue weighted by Gasteiger charge is 2.21. The fourth-order valence-corrected chi connectivity index (χ4v) is 2.66. The number of sulfonamides is 1. The maximum Gasteiger partial charge on any atom is 0.278 e. The molecule has 2 heterocycles. The van der Waals surface area contributed by atoms with Crippen molar-refractivity contribution in [3.8, 4) is 5.88 Å². The highest BCUT2D eigenvalue weighted by Crippen LogP contribution is 2.31. The SMILES string of the molecule is CONC(=O)c1cnc(Cl)cc1Nc1ccc(OC)nc1N(C)S(C)(=O)=O. The minimum Gasteiger partial charge on any atom is -0.481 e. The van der Waals surface area contributed by atoms with Crippen LogP contribution in [0.4, 0.5) is 17.2 Å². The molecule has 2 aromatic heterocycles. The third-order valence-electron chi connectivity index (χ3n) is 3.43. The number of hydroxylamine groups is 1. The Morgan fingerprint density at radius 1 is 1.26 bits per heavy atom. The molecule has 2 aromatic rings. The molecule has 0 atom stereocenters. The number of hydrogen-bond acceptors (Lipinski definition) is 8. The van der Waals surface area contributed by atoms with Gasteiger partial charge in [-0.2, -0.15) is 4.98 Å². The van der Waals surface area contributed by atoms with Crippen molar-refractivity contribution >= 4 is 44.7 Å². The second-order valence-corrected chi connectivity index (χ2v) is 7.67. The molecule has 0 aromatic carbocycles. The first-order valence-electron chi connectivity index (χ1n) is 7.42. The van der Waals surface area contributed by atoms with Crippen LogP contribution in [0.25, 0.3) is 0 Å². The van der Waals surface area contributed by atoms with E-state index in [-0.39, 0.29) is 28.1 Å². The molecule has 2 rings (SSSR count). The zero-order valence-corrected chi connectivity index (χ0v) is 16.6. The van der Waals surface area contributed by atoms with Gasteiger partial charge in [-0.1, -0.05) is 11.6 Å². The smallest absolute Gasteiger partial charge is 0.278 e. The molecule has 27 heavy (non-hydrogen) atoms. The van der Waals surface area contributed by atoms with E-state index >= 15 is 0 Å². The zero-order chi connectivity index (χ0) is 20.2. The summed E-state index contributed by atoms with van der Waals surface area (Å²) >= 11 is 5.93. The molecule has 1 amide bonds. The molecule has 2 N–H and O–H groups in total. The third-order valence-corrected chi connectivity index (χ3v) is 4.81. The minimum atomic E-state index is -3.60. The normalized spacial score (nSPS) is 11.0. The van der Waals surface area contributed by atoms with Gasteiger partial charge in [0.25, 0.3) is 5.91 Å². The number of aromatic nitrogens is 2. The highest BCUT2D eigenvalue weighted by atomic mass is 35.5. The second-order valence-electron chi connectivity index (χ2n) is 5.27. The van der Waals surface area contributed by atoms with Crippen molar-refractivity contribution in [2.75, 3.05) is 37.1 Å². The number of carbonyl (C=O) groups excluding carboxylic acids is 1. The van der Waals surface area contributed by atoms with Gasteiger partial charge in [0.2, 0.25) is 15.9 Å². The van der Waals surface area contributed by atoms with E-state index in [4.69, 9.17) is 16.3 Å². The number of halogens is 1. The second kappa shape index (κ2) is 8.37. The van der Waals surface area contributed by atoms with Gasteiger partial charge >= 0.3 is 0 Å². The molecule has 12 heteroatoms. The molecule has 0 bridgehead atoms. The van der Waals surface area contributed by atoms with E-state index in [1.807, 2.05) is 0 Å². The van der Waals surface area contributed by atoms with Crippen molar-refractivity contribution < 1.29 is 22.8 Å². The lowest BCUT2D eigenvalue weighted by Gasteiger charge is -2.21. The van der Waals surface area contributed by atoms with Crippen LogP contribution >= 0.6 is 11.6 Å². The summed E-state index contributed by atoms with van der Waals surface area (Å²) in [5.41, 5.74) is 2.89. The molecular weight excluding hydrogens is 398 g/mol. The summed E-state index contributed by atoms with van der Waals surface area (Å²) in [5.74, 6) is -0.275. The summed E-state index contributed by atoms with van der Waals surface area (Å²) in [6.45, 7) is 0. The largest absolute Gasteiger partial charge is 0.481 e. The van der Waals surface area contributed by atoms with E-state index in [1.165, 1.54) is 33.5 Å². The fraction of sp³-hybridized carbons (Fsp3) is 0.267. The van der Waals surface area contributed by atoms with Crippen molar-refractivity contribution in [3.63, 3.8) is 0 Å². The van der Waals surface area contributed by atoms with Crippen molar-refractivity contribution in [1.29, 1.82) is 0 Å². The molecule has 0 aliphatic heterocycles. The fourth-order valence-electron chi connectivity index (χ4n) is 2.05. The number of amides is 1. The van der Waals surface area contributed by atoms with Crippen molar-refractivity contribution in [3.05, 3.63) is 35.1 Å². The quantitative estimate of drug-likeness (QED) is 0.516. The molecule has 0 aliphatic rings. The predicted molar refractivity (Wildman–Crippen MR) is 101 cm³/mol. The van der Waals surface area contributed by atoms with E-state index in [0.29, 0.717) is 5.69 Å². The number of methoxy groups -OCH3 is 1. The maximum absolute atomic E-state index is 12.1. The van der Waals surface area contributed by atoms with Crippen molar-refractivity contribution in [2.45, 2.75) is 0 Å². The van der Waals surface area contributed by atoms with Crippen LogP contribution in [0.3, 0.4) is 0 Å². The Kier molecular flexibility index (Phi) is 6.41. The van der Waals surface area contributed by atoms with E-state index in [2.05, 4.69) is 25.6 Å². The van der Waals surface area contributed by atoms with Crippen molar-refractivity contribution in [2.24, 2.45) is 0 Å². The number of nitrogens with zero attached hydrogens (tertiary/aromatic N) is 3. The van der Waals surface area contributed by atoms with Crippen LogP contribution in [0.5, 0.6) is 5.88 Å². The van der Waals surface area contributed by atoms with Gasteiger partial charge in [-0.25, -0.2) is 18.9 Å². The molecule has 0 unspecified atom stereocenters. The van der Waals surface area contributed by atoms with Crippen LogP contribution in [0.15, 0.2) is 24.4 Å². The number of hydrogen-bond donors (Lipinski definition) is 2. The summed E-state index contributed by atoms with van der Waals surface area (Å²) in [7, 11) is 0.451. The van der Waals surface area contributed by atoms with Gasteiger partial charge in [0.05, 0.1) is 37.4 Å². The average molecular weight is 416 g/mol. The molecule has 0 spiro atoms. The number of anilines is 3. The van der Waals surface area contributed by atoms with Crippen LogP contribution in [-0.2, 0) is 14.9 Å². The Labute approximate surface area is 161 Å². The van der Waals surface area contributed by atoms with E-state index < -0.39 is 15.9 Å². The Morgan fingerprint density at radius 3 is 2.56 bits per heavy atom. The van der Waals surface area contributed by atoms with E-state index in [0.717, 1.165) is 10.6 Å². The Hall–Kier alpha value is -2.63. The Bertz CT molecular complexity index is 954. The van der Waals surface area contributed by atoms with E-state index in [9.17, 15) is 13.2 Å². The first-order chi connectivity index (χ1) is 12.7. The average Bonchev–Trinajstić information content (AvgIpc) is 2.61. The molecule has 0 fully saturated rings. The molecule has 0 saturated heterocycles. The summed E-state index contributed by atoms with van der Waals surface area (Å²) in [6, 6.07) is 4.52. The molecule has 10 nitrogen and oxygen atoms in total. The van der Waals surface area contributed by atoms with Crippen LogP contribution < -0.4 is 19.8 Å². The van der Waals surface area contributed by atoms with Crippen LogP contribution in [0.1, 0.15) is 10.4 Å². The lowest BCUT2D eigenvalue weighted by atomic mass is 10.2. The van der Waals surface area contributed by atoms with E-state index in [1.54, 1.807) is 12.1 Å². The monoisotopic (exact) mass is 415 g/mol. The molecular formula is C15H18ClN5O5S. The Balaban J connectivity index is 2.55. The van der Waals surface area contributed by atoms with Gasteiger partial charge in [0.1, 0.15) is 5.15 Å². The van der Waals surface area contributed by atoms with Crippen molar-refractivity contribution in [1.82, 2.24) is 15.4 Å². The summed E-state index contributed by atoms with van der Waals surface area (Å²) in [4.78, 5) is 24.8. The molecule has 0 radical (unpaired) electrons. The Morgan fingerprint density at radius 2 is 1.96 bits per heavy atom. The lowest BCUT2D eigenvalue weighted by Crippen LogP contribution is -2.27. The summed E-state index contributed by atoms with van der Waals surface area (Å²) in [6.07, 6.45) is 2.30. The molecule has 0 aliphatic carbocycles. The van der Waals surface area contributed by atoms with Gasteiger partial charge in [-0.3, -0.25) is 13.9 Å². The number of pyridine rings is 2. The number of nitrogens with one attached hydrogen (secondary N) is 2. The number of carbonyl (C=O) groups is 1. The molecule has 0 saturated carbocycles. The summed E-state index contributed by atoms with van der Waals surface area (Å²) < 4.78 is 30.0. The van der Waals surface area contributed by atoms with Gasteiger partial charge in [0.15, 0.2) is 5.82 Å². The predicted octanol–water partition coefficient (Wildman–Crippen LogP) is 1.57. The topological polar surface area (TPSA) is 123 Å². The standard InChI is InChI=1S/C15H18ClN5O5S/c1-21(27(4,23)24)14-10(5-6-13(19-14)25-2)18-11-7-12(16)17-8-9(11)15(22)20-26-3/h5-8H,1-4H3,(H,17,18)(H,20,22). The van der Waals surface area contributed by atoms with Crippen LogP contribution in [0, 0.1) is 0 Å². The number of rotatable bonds is 7. The first-order valence-corrected chi connectivity index (χ1v) is 9.64. The minimum absolute atomic E-state index is 0.0721. The van der Waals surface area contributed by atoms with Gasteiger partial charge in [0, 0.05) is 19.3 Å². The van der Waals surface area contributed by atoms with Gasteiger partial charge in [-0.15, -0.1) is 0 Å². The highest BCUT2D eigenvalue weighted by molar-refractivity contribution is 7.92. The summed E-state index contributed by atoms with van der Waals surface area (Å²) in [5, 5.41) is 3.09. The maximum atomic E-state index is 12.1.